The Kier molecular flexibility index (Phi) is 13.5. The van der Waals surface area contributed by atoms with Gasteiger partial charge in [0.15, 0.2) is 0 Å². The topological polar surface area (TPSA) is 286 Å². The number of hydrogen-bond donors (Lipinski definition) is 4. The minimum atomic E-state index is -1.19. The number of carbonyl (C=O) groups excluding carboxylic acids is 1. The summed E-state index contributed by atoms with van der Waals surface area (Å²) in [6.07, 6.45) is 13.1. The van der Waals surface area contributed by atoms with Crippen LogP contribution in [-0.4, -0.2) is 144 Å². The summed E-state index contributed by atoms with van der Waals surface area (Å²) in [5.41, 5.74) is 8.50. The summed E-state index contributed by atoms with van der Waals surface area (Å²) >= 11 is 0. The molecule has 10 heterocycles. The van der Waals surface area contributed by atoms with Crippen LogP contribution in [0.3, 0.4) is 0 Å². The van der Waals surface area contributed by atoms with E-state index in [2.05, 4.69) is 35.2 Å². The van der Waals surface area contributed by atoms with E-state index in [1.54, 1.807) is 69.9 Å². The summed E-state index contributed by atoms with van der Waals surface area (Å²) in [5.74, 6) is -1.48. The third-order valence-corrected chi connectivity index (χ3v) is 11.9. The molecule has 2 aliphatic rings. The van der Waals surface area contributed by atoms with Crippen LogP contribution in [0.5, 0.6) is 12.0 Å². The Morgan fingerprint density at radius 3 is 1.45 bits per heavy atom. The van der Waals surface area contributed by atoms with Gasteiger partial charge in [-0.15, -0.1) is 0 Å². The average Bonchev–Trinajstić information content (AvgIpc) is 3.80. The number of nitrogens with zero attached hydrogens (tertiary/aromatic N) is 13. The number of aliphatic hydroxyl groups excluding tert-OH is 2. The van der Waals surface area contributed by atoms with Crippen LogP contribution in [0.15, 0.2) is 71.0 Å². The molecule has 0 aromatic carbocycles. The highest BCUT2D eigenvalue weighted by Gasteiger charge is 2.28. The van der Waals surface area contributed by atoms with Crippen molar-refractivity contribution in [1.82, 2.24) is 68.4 Å². The highest BCUT2D eigenvalue weighted by molar-refractivity contribution is 6.01. The van der Waals surface area contributed by atoms with E-state index in [0.29, 0.717) is 59.7 Å². The molecular formula is C44H48N14O9. The van der Waals surface area contributed by atoms with E-state index in [4.69, 9.17) is 39.6 Å². The first-order chi connectivity index (χ1) is 32.5. The third kappa shape index (κ3) is 9.10. The molecule has 0 bridgehead atoms. The van der Waals surface area contributed by atoms with Gasteiger partial charge in [-0.2, -0.15) is 0 Å². The maximum absolute atomic E-state index is 13.2. The van der Waals surface area contributed by atoms with E-state index in [9.17, 15) is 14.4 Å². The van der Waals surface area contributed by atoms with Crippen molar-refractivity contribution < 1.29 is 34.4 Å². The molecule has 0 unspecified atom stereocenters. The van der Waals surface area contributed by atoms with Gasteiger partial charge in [0.05, 0.1) is 71.1 Å². The van der Waals surface area contributed by atoms with Gasteiger partial charge in [0.1, 0.15) is 24.2 Å². The number of aliphatic hydroxyl groups is 2. The van der Waals surface area contributed by atoms with E-state index in [1.165, 1.54) is 14.2 Å². The number of aromatic nitrogens is 12. The molecule has 8 aromatic heterocycles. The number of amides is 1. The second kappa shape index (κ2) is 19.8. The lowest BCUT2D eigenvalue weighted by molar-refractivity contribution is -0.140. The molecule has 8 aromatic rings. The summed E-state index contributed by atoms with van der Waals surface area (Å²) in [5, 5.41) is 27.5. The minimum Gasteiger partial charge on any atom is -0.480 e. The molecule has 67 heavy (non-hydrogen) atoms. The molecule has 0 aliphatic carbocycles. The summed E-state index contributed by atoms with van der Waals surface area (Å²) in [7, 11) is 6.54. The van der Waals surface area contributed by atoms with Crippen LogP contribution in [-0.2, 0) is 23.7 Å². The maximum atomic E-state index is 13.2. The molecule has 23 heteroatoms. The van der Waals surface area contributed by atoms with Gasteiger partial charge in [-0.25, -0.2) is 44.3 Å². The Labute approximate surface area is 380 Å². The Morgan fingerprint density at radius 1 is 0.642 bits per heavy atom. The molecule has 2 aliphatic heterocycles. The first-order valence-corrected chi connectivity index (χ1v) is 21.3. The number of aliphatic carboxylic acids is 1. The number of carboxylic acids is 1. The van der Waals surface area contributed by atoms with E-state index < -0.39 is 19.2 Å². The van der Waals surface area contributed by atoms with Crippen LogP contribution >= 0.6 is 0 Å². The number of piperidine rings is 2. The van der Waals surface area contributed by atoms with Gasteiger partial charge in [0.25, 0.3) is 0 Å². The molecule has 10 rings (SSSR count). The van der Waals surface area contributed by atoms with E-state index in [-0.39, 0.29) is 35.4 Å². The first kappa shape index (κ1) is 45.8. The zero-order chi connectivity index (χ0) is 47.4. The second-order valence-corrected chi connectivity index (χ2v) is 15.8. The van der Waals surface area contributed by atoms with Crippen LogP contribution < -0.4 is 26.2 Å². The molecule has 1 amide bonds. The predicted molar refractivity (Wildman–Crippen MR) is 244 cm³/mol. The number of aryl methyl sites for hydroxylation is 2. The van der Waals surface area contributed by atoms with Gasteiger partial charge >= 0.3 is 29.4 Å². The minimum absolute atomic E-state index is 0.0267. The second-order valence-electron chi connectivity index (χ2n) is 15.8. The SMILES string of the molecule is COc1ncc(-c2ccc3ncc4c(c3n2)n(C2CCN(C(=O)CO)CC2)c(=O)n4C)cn1.COc1ncc(-c2ccc3ncc4c(c3n2)n(C2CCNCC2)c(=O)n4C)cn1.O=C(O)CO. The fourth-order valence-corrected chi connectivity index (χ4v) is 8.42. The Morgan fingerprint density at radius 2 is 1.06 bits per heavy atom. The predicted octanol–water partition coefficient (Wildman–Crippen LogP) is 1.64. The fourth-order valence-electron chi connectivity index (χ4n) is 8.42. The molecule has 23 nitrogen and oxygen atoms in total. The normalized spacial score (nSPS) is 14.4. The molecule has 0 saturated carbocycles. The largest absolute Gasteiger partial charge is 0.480 e. The number of ether oxygens (including phenoxy) is 2. The Balaban J connectivity index is 0.000000166. The number of carbonyl (C=O) groups is 2. The van der Waals surface area contributed by atoms with Crippen molar-refractivity contribution in [1.29, 1.82) is 0 Å². The molecule has 2 fully saturated rings. The average molecular weight is 917 g/mol. The number of likely N-dealkylation sites (tertiary alicyclic amines) is 1. The van der Waals surface area contributed by atoms with Crippen molar-refractivity contribution in [2.45, 2.75) is 37.8 Å². The monoisotopic (exact) mass is 916 g/mol. The summed E-state index contributed by atoms with van der Waals surface area (Å²) in [6.45, 7) is 1.49. The zero-order valence-electron chi connectivity index (χ0n) is 37.1. The van der Waals surface area contributed by atoms with Crippen LogP contribution in [0, 0.1) is 0 Å². The van der Waals surface area contributed by atoms with Gasteiger partial charge in [-0.1, -0.05) is 0 Å². The number of carboxylic acid groups (broad SMARTS) is 1. The lowest BCUT2D eigenvalue weighted by Gasteiger charge is -2.32. The molecule has 0 atom stereocenters. The van der Waals surface area contributed by atoms with E-state index in [1.807, 2.05) is 28.8 Å². The summed E-state index contributed by atoms with van der Waals surface area (Å²) in [4.78, 5) is 84.3. The fraction of sp³-hybridized carbons (Fsp3) is 0.364. The number of nitrogens with one attached hydrogen (secondary N) is 1. The molecule has 4 N–H and O–H groups in total. The van der Waals surface area contributed by atoms with Crippen LogP contribution in [0.4, 0.5) is 0 Å². The van der Waals surface area contributed by atoms with E-state index >= 15 is 0 Å². The quantitative estimate of drug-likeness (QED) is 0.169. The highest BCUT2D eigenvalue weighted by Crippen LogP contribution is 2.32. The van der Waals surface area contributed by atoms with E-state index in [0.717, 1.165) is 64.8 Å². The number of pyridine rings is 4. The Hall–Kier alpha value is -7.76. The van der Waals surface area contributed by atoms with Crippen molar-refractivity contribution in [2.75, 3.05) is 53.6 Å². The third-order valence-electron chi connectivity index (χ3n) is 11.9. The standard InChI is InChI=1S/C22H23N7O4.C20H21N7O2.C2H4O3/c1-27-17-11-23-16-4-3-15(13-9-24-21(33-2)25-10-13)26-19(16)20(17)29(22(27)32)14-5-7-28(8-6-14)18(31)12-30;1-26-16-11-22-15-4-3-14(12-9-23-19(29-2)24-10-12)25-17(15)18(16)27(20(26)28)13-5-7-21-8-6-13;3-1-2(4)5/h3-4,9-11,14,30H,5-8,12H2,1-2H3;3-4,9-11,13,21H,5-8H2,1-2H3;3H,1H2,(H,4,5). The number of methoxy groups -OCH3 is 2. The molecule has 0 spiro atoms. The number of hydrogen-bond acceptors (Lipinski definition) is 17. The Bertz CT molecular complexity index is 3210. The van der Waals surface area contributed by atoms with Crippen molar-refractivity contribution in [3.8, 4) is 34.5 Å². The lowest BCUT2D eigenvalue weighted by Crippen LogP contribution is -2.42. The number of rotatable bonds is 8. The van der Waals surface area contributed by atoms with Crippen molar-refractivity contribution in [3.63, 3.8) is 0 Å². The van der Waals surface area contributed by atoms with Gasteiger partial charge in [-0.3, -0.25) is 33.0 Å². The molecule has 2 saturated heterocycles. The lowest BCUT2D eigenvalue weighted by atomic mass is 10.0. The van der Waals surface area contributed by atoms with Gasteiger partial charge < -0.3 is 35.0 Å². The van der Waals surface area contributed by atoms with Crippen molar-refractivity contribution in [3.05, 3.63) is 82.4 Å². The summed E-state index contributed by atoms with van der Waals surface area (Å²) < 4.78 is 17.0. The van der Waals surface area contributed by atoms with Crippen LogP contribution in [0.25, 0.3) is 66.6 Å². The highest BCUT2D eigenvalue weighted by atomic mass is 16.5. The first-order valence-electron chi connectivity index (χ1n) is 21.3. The summed E-state index contributed by atoms with van der Waals surface area (Å²) in [6, 6.07) is 8.15. The van der Waals surface area contributed by atoms with Crippen molar-refractivity contribution >= 4 is 56.0 Å². The number of imidazole rings is 2. The molecular weight excluding hydrogens is 869 g/mol. The van der Waals surface area contributed by atoms with Gasteiger partial charge in [0, 0.05) is 75.2 Å². The van der Waals surface area contributed by atoms with Gasteiger partial charge in [-0.05, 0) is 63.0 Å². The smallest absolute Gasteiger partial charge is 0.329 e. The maximum Gasteiger partial charge on any atom is 0.329 e. The van der Waals surface area contributed by atoms with Gasteiger partial charge in [0.2, 0.25) is 5.91 Å². The zero-order valence-corrected chi connectivity index (χ0v) is 37.1. The van der Waals surface area contributed by atoms with Crippen molar-refractivity contribution in [2.24, 2.45) is 14.1 Å². The molecule has 348 valence electrons. The molecule has 0 radical (unpaired) electrons. The van der Waals surface area contributed by atoms with Crippen LogP contribution in [0.1, 0.15) is 37.8 Å². The van der Waals surface area contributed by atoms with Crippen LogP contribution in [0.2, 0.25) is 0 Å². The number of fused-ring (bicyclic) bond motifs is 6.